The van der Waals surface area contributed by atoms with Gasteiger partial charge in [0, 0.05) is 13.1 Å². The third-order valence-corrected chi connectivity index (χ3v) is 4.47. The van der Waals surface area contributed by atoms with Crippen molar-refractivity contribution in [2.75, 3.05) is 31.2 Å². The summed E-state index contributed by atoms with van der Waals surface area (Å²) in [5.41, 5.74) is 3.85. The van der Waals surface area contributed by atoms with Crippen molar-refractivity contribution in [3.05, 3.63) is 28.8 Å². The molecule has 2 saturated heterocycles. The zero-order valence-corrected chi connectivity index (χ0v) is 13.4. The maximum Gasteiger partial charge on any atom is 0.251 e. The number of anilines is 1. The summed E-state index contributed by atoms with van der Waals surface area (Å²) in [4.78, 5) is 28.8. The molecule has 2 aliphatic heterocycles. The first-order valence-corrected chi connectivity index (χ1v) is 7.75. The Labute approximate surface area is 130 Å². The van der Waals surface area contributed by atoms with Gasteiger partial charge < -0.3 is 4.74 Å². The smallest absolute Gasteiger partial charge is 0.251 e. The zero-order chi connectivity index (χ0) is 15.9. The number of nitrogens with zero attached hydrogens (tertiary/aromatic N) is 2. The van der Waals surface area contributed by atoms with Crippen molar-refractivity contribution < 1.29 is 14.3 Å². The van der Waals surface area contributed by atoms with Gasteiger partial charge in [-0.1, -0.05) is 17.7 Å². The molecule has 0 bridgehead atoms. The topological polar surface area (TPSA) is 49.9 Å². The maximum atomic E-state index is 12.8. The number of carbonyl (C=O) groups is 2. The number of ether oxygens (including phenoxy) is 1. The Bertz CT molecular complexity index is 597. The summed E-state index contributed by atoms with van der Waals surface area (Å²) in [5, 5.41) is 0. The molecule has 1 atom stereocenters. The van der Waals surface area contributed by atoms with Crippen molar-refractivity contribution in [1.29, 1.82) is 0 Å². The van der Waals surface area contributed by atoms with Gasteiger partial charge in [-0.25, -0.2) is 4.90 Å². The van der Waals surface area contributed by atoms with Gasteiger partial charge in [0.2, 0.25) is 5.91 Å². The largest absolute Gasteiger partial charge is 0.379 e. The summed E-state index contributed by atoms with van der Waals surface area (Å²) in [5.74, 6) is -0.196. The Morgan fingerprint density at radius 2 is 1.64 bits per heavy atom. The van der Waals surface area contributed by atoms with Gasteiger partial charge in [-0.3, -0.25) is 14.5 Å². The molecule has 5 heteroatoms. The summed E-state index contributed by atoms with van der Waals surface area (Å²) in [6.45, 7) is 8.61. The molecule has 118 valence electrons. The number of morpholine rings is 1. The highest BCUT2D eigenvalue weighted by Crippen LogP contribution is 2.32. The number of amides is 2. The van der Waals surface area contributed by atoms with Gasteiger partial charge in [0.15, 0.2) is 0 Å². The van der Waals surface area contributed by atoms with Gasteiger partial charge in [0.1, 0.15) is 0 Å². The van der Waals surface area contributed by atoms with E-state index in [1.165, 1.54) is 4.90 Å². The molecule has 2 heterocycles. The van der Waals surface area contributed by atoms with Crippen LogP contribution in [0.25, 0.3) is 0 Å². The predicted octanol–water partition coefficient (Wildman–Crippen LogP) is 1.58. The number of aryl methyl sites for hydroxylation is 3. The number of benzene rings is 1. The lowest BCUT2D eigenvalue weighted by Crippen LogP contribution is -2.47. The maximum absolute atomic E-state index is 12.8. The van der Waals surface area contributed by atoms with E-state index in [2.05, 4.69) is 4.90 Å². The van der Waals surface area contributed by atoms with E-state index in [1.807, 2.05) is 32.9 Å². The first-order valence-electron chi connectivity index (χ1n) is 7.75. The van der Waals surface area contributed by atoms with Crippen molar-refractivity contribution >= 4 is 17.5 Å². The Morgan fingerprint density at radius 1 is 1.05 bits per heavy atom. The summed E-state index contributed by atoms with van der Waals surface area (Å²) >= 11 is 0. The van der Waals surface area contributed by atoms with E-state index in [1.54, 1.807) is 0 Å². The zero-order valence-electron chi connectivity index (χ0n) is 13.4. The predicted molar refractivity (Wildman–Crippen MR) is 83.9 cm³/mol. The second-order valence-corrected chi connectivity index (χ2v) is 6.18. The minimum absolute atomic E-state index is 0.0954. The Morgan fingerprint density at radius 3 is 2.23 bits per heavy atom. The fourth-order valence-electron chi connectivity index (χ4n) is 3.55. The third-order valence-electron chi connectivity index (χ3n) is 4.47. The van der Waals surface area contributed by atoms with Crippen LogP contribution < -0.4 is 4.90 Å². The van der Waals surface area contributed by atoms with Gasteiger partial charge in [0.25, 0.3) is 5.91 Å². The lowest BCUT2D eigenvalue weighted by molar-refractivity contribution is -0.123. The van der Waals surface area contributed by atoms with E-state index in [9.17, 15) is 9.59 Å². The molecule has 5 nitrogen and oxygen atoms in total. The summed E-state index contributed by atoms with van der Waals surface area (Å²) in [7, 11) is 0. The molecule has 1 aromatic rings. The highest BCUT2D eigenvalue weighted by Gasteiger charge is 2.43. The summed E-state index contributed by atoms with van der Waals surface area (Å²) < 4.78 is 5.33. The van der Waals surface area contributed by atoms with E-state index >= 15 is 0 Å². The lowest BCUT2D eigenvalue weighted by atomic mass is 10.0. The van der Waals surface area contributed by atoms with Crippen LogP contribution in [0.15, 0.2) is 12.1 Å². The molecule has 2 aliphatic rings. The Hall–Kier alpha value is -1.72. The molecule has 0 N–H and O–H groups in total. The molecule has 0 unspecified atom stereocenters. The second kappa shape index (κ2) is 5.82. The molecule has 0 radical (unpaired) electrons. The van der Waals surface area contributed by atoms with Crippen molar-refractivity contribution in [2.24, 2.45) is 0 Å². The fourth-order valence-corrected chi connectivity index (χ4v) is 3.55. The first kappa shape index (κ1) is 15.2. The van der Waals surface area contributed by atoms with Crippen molar-refractivity contribution in [2.45, 2.75) is 33.2 Å². The Balaban J connectivity index is 1.92. The van der Waals surface area contributed by atoms with Crippen LogP contribution in [0.4, 0.5) is 5.69 Å². The minimum atomic E-state index is -0.337. The van der Waals surface area contributed by atoms with Crippen LogP contribution in [0.5, 0.6) is 0 Å². The normalized spacial score (nSPS) is 23.4. The fraction of sp³-hybridized carbons (Fsp3) is 0.529. The van der Waals surface area contributed by atoms with Crippen LogP contribution in [-0.2, 0) is 14.3 Å². The van der Waals surface area contributed by atoms with E-state index < -0.39 is 0 Å². The van der Waals surface area contributed by atoms with Gasteiger partial charge in [-0.05, 0) is 31.9 Å². The summed E-state index contributed by atoms with van der Waals surface area (Å²) in [6, 6.07) is 3.70. The van der Waals surface area contributed by atoms with Crippen LogP contribution in [0, 0.1) is 20.8 Å². The molecular weight excluding hydrogens is 280 g/mol. The van der Waals surface area contributed by atoms with Crippen molar-refractivity contribution in [3.8, 4) is 0 Å². The van der Waals surface area contributed by atoms with E-state index in [-0.39, 0.29) is 24.3 Å². The highest BCUT2D eigenvalue weighted by atomic mass is 16.5. The average Bonchev–Trinajstić information content (AvgIpc) is 2.75. The third kappa shape index (κ3) is 2.55. The number of rotatable bonds is 2. The van der Waals surface area contributed by atoms with Gasteiger partial charge in [-0.2, -0.15) is 0 Å². The number of hydrogen-bond acceptors (Lipinski definition) is 4. The molecule has 0 aromatic heterocycles. The second-order valence-electron chi connectivity index (χ2n) is 6.18. The highest BCUT2D eigenvalue weighted by molar-refractivity contribution is 6.23. The SMILES string of the molecule is Cc1cc(C)c(N2C(=O)C[C@@H](N3CCOCC3)C2=O)c(C)c1. The van der Waals surface area contributed by atoms with Crippen LogP contribution in [0.1, 0.15) is 23.1 Å². The van der Waals surface area contributed by atoms with Gasteiger partial charge in [-0.15, -0.1) is 0 Å². The number of hydrogen-bond donors (Lipinski definition) is 0. The quantitative estimate of drug-likeness (QED) is 0.778. The minimum Gasteiger partial charge on any atom is -0.379 e. The molecule has 1 aromatic carbocycles. The molecule has 2 amide bonds. The number of carbonyl (C=O) groups excluding carboxylic acids is 2. The average molecular weight is 302 g/mol. The molecule has 2 fully saturated rings. The molecule has 0 saturated carbocycles. The van der Waals surface area contributed by atoms with Crippen molar-refractivity contribution in [3.63, 3.8) is 0 Å². The van der Waals surface area contributed by atoms with Gasteiger partial charge in [0.05, 0.1) is 31.4 Å². The monoisotopic (exact) mass is 302 g/mol. The van der Waals surface area contributed by atoms with Crippen LogP contribution in [0.3, 0.4) is 0 Å². The van der Waals surface area contributed by atoms with E-state index in [4.69, 9.17) is 4.74 Å². The van der Waals surface area contributed by atoms with E-state index in [0.717, 1.165) is 22.4 Å². The van der Waals surface area contributed by atoms with Gasteiger partial charge >= 0.3 is 0 Å². The molecule has 22 heavy (non-hydrogen) atoms. The van der Waals surface area contributed by atoms with Crippen LogP contribution in [0.2, 0.25) is 0 Å². The lowest BCUT2D eigenvalue weighted by Gasteiger charge is -2.30. The molecule has 0 aliphatic carbocycles. The first-order chi connectivity index (χ1) is 10.5. The molecule has 3 rings (SSSR count). The van der Waals surface area contributed by atoms with Crippen LogP contribution >= 0.6 is 0 Å². The molecular formula is C17H22N2O3. The standard InChI is InChI=1S/C17H22N2O3/c1-11-8-12(2)16(13(3)9-11)19-15(20)10-14(17(19)21)18-4-6-22-7-5-18/h8-9,14H,4-7,10H2,1-3H3/t14-/m1/s1. The van der Waals surface area contributed by atoms with E-state index in [0.29, 0.717) is 26.3 Å². The number of imide groups is 1. The summed E-state index contributed by atoms with van der Waals surface area (Å²) in [6.07, 6.45) is 0.269. The Kier molecular flexibility index (Phi) is 4.02. The van der Waals surface area contributed by atoms with Crippen molar-refractivity contribution in [1.82, 2.24) is 4.90 Å². The van der Waals surface area contributed by atoms with Crippen LogP contribution in [-0.4, -0.2) is 49.1 Å². The molecule has 0 spiro atoms.